The van der Waals surface area contributed by atoms with E-state index in [0.29, 0.717) is 5.41 Å². The van der Waals surface area contributed by atoms with Crippen LogP contribution in [-0.2, 0) is 0 Å². The SMILES string of the molecule is CCNCC1(CN(C)CC)CCCC(C)C1. The Morgan fingerprint density at radius 2 is 2.12 bits per heavy atom. The predicted octanol–water partition coefficient (Wildman–Crippen LogP) is 2.74. The lowest BCUT2D eigenvalue weighted by molar-refractivity contribution is 0.0947. The van der Waals surface area contributed by atoms with Crippen LogP contribution in [0.5, 0.6) is 0 Å². The Bertz CT molecular complexity index is 193. The molecule has 1 aliphatic carbocycles. The summed E-state index contributed by atoms with van der Waals surface area (Å²) in [5, 5.41) is 3.58. The van der Waals surface area contributed by atoms with Gasteiger partial charge in [0, 0.05) is 13.1 Å². The van der Waals surface area contributed by atoms with E-state index in [4.69, 9.17) is 0 Å². The molecule has 2 heteroatoms. The molecule has 1 N–H and O–H groups in total. The highest BCUT2D eigenvalue weighted by Gasteiger charge is 2.35. The minimum absolute atomic E-state index is 0.540. The smallest absolute Gasteiger partial charge is 0.00471 e. The van der Waals surface area contributed by atoms with Crippen LogP contribution in [0.3, 0.4) is 0 Å². The second-order valence-electron chi connectivity index (χ2n) is 5.81. The van der Waals surface area contributed by atoms with Gasteiger partial charge in [0.1, 0.15) is 0 Å². The fraction of sp³-hybridized carbons (Fsp3) is 1.00. The molecule has 1 rings (SSSR count). The van der Waals surface area contributed by atoms with Gasteiger partial charge in [0.25, 0.3) is 0 Å². The van der Waals surface area contributed by atoms with E-state index < -0.39 is 0 Å². The average molecular weight is 226 g/mol. The first kappa shape index (κ1) is 14.0. The summed E-state index contributed by atoms with van der Waals surface area (Å²) in [5.74, 6) is 0.915. The van der Waals surface area contributed by atoms with Gasteiger partial charge in [0.2, 0.25) is 0 Å². The topological polar surface area (TPSA) is 15.3 Å². The Balaban J connectivity index is 2.59. The van der Waals surface area contributed by atoms with E-state index in [1.165, 1.54) is 45.3 Å². The van der Waals surface area contributed by atoms with Crippen molar-refractivity contribution in [2.24, 2.45) is 11.3 Å². The molecule has 0 aliphatic heterocycles. The lowest BCUT2D eigenvalue weighted by atomic mass is 9.69. The highest BCUT2D eigenvalue weighted by atomic mass is 15.1. The normalized spacial score (nSPS) is 30.9. The fourth-order valence-corrected chi connectivity index (χ4v) is 3.20. The summed E-state index contributed by atoms with van der Waals surface area (Å²) in [7, 11) is 2.26. The molecule has 1 aliphatic rings. The zero-order chi connectivity index (χ0) is 12.0. The Morgan fingerprint density at radius 1 is 1.38 bits per heavy atom. The van der Waals surface area contributed by atoms with Crippen molar-refractivity contribution in [3.8, 4) is 0 Å². The van der Waals surface area contributed by atoms with Crippen LogP contribution in [0.4, 0.5) is 0 Å². The van der Waals surface area contributed by atoms with E-state index in [0.717, 1.165) is 12.5 Å². The lowest BCUT2D eigenvalue weighted by Crippen LogP contribution is -2.45. The summed E-state index contributed by atoms with van der Waals surface area (Å²) in [5.41, 5.74) is 0.540. The van der Waals surface area contributed by atoms with E-state index in [1.54, 1.807) is 0 Å². The summed E-state index contributed by atoms with van der Waals surface area (Å²) >= 11 is 0. The second kappa shape index (κ2) is 6.61. The van der Waals surface area contributed by atoms with Gasteiger partial charge in [-0.3, -0.25) is 0 Å². The van der Waals surface area contributed by atoms with Crippen LogP contribution in [0, 0.1) is 11.3 Å². The Morgan fingerprint density at radius 3 is 2.69 bits per heavy atom. The molecule has 16 heavy (non-hydrogen) atoms. The van der Waals surface area contributed by atoms with E-state index >= 15 is 0 Å². The third-order valence-corrected chi connectivity index (χ3v) is 4.08. The molecule has 1 fully saturated rings. The van der Waals surface area contributed by atoms with Gasteiger partial charge in [-0.2, -0.15) is 0 Å². The predicted molar refractivity (Wildman–Crippen MR) is 71.8 cm³/mol. The minimum atomic E-state index is 0.540. The Kier molecular flexibility index (Phi) is 5.77. The van der Waals surface area contributed by atoms with Crippen LogP contribution >= 0.6 is 0 Å². The summed E-state index contributed by atoms with van der Waals surface area (Å²) in [6, 6.07) is 0. The van der Waals surface area contributed by atoms with Crippen LogP contribution in [0.1, 0.15) is 46.5 Å². The quantitative estimate of drug-likeness (QED) is 0.749. The molecule has 0 aromatic carbocycles. The zero-order valence-corrected chi connectivity index (χ0v) is 11.7. The summed E-state index contributed by atoms with van der Waals surface area (Å²) in [6.45, 7) is 11.6. The molecule has 0 aromatic rings. The maximum Gasteiger partial charge on any atom is 0.00471 e. The molecule has 0 amide bonds. The first-order valence-corrected chi connectivity index (χ1v) is 7.01. The highest BCUT2D eigenvalue weighted by molar-refractivity contribution is 4.89. The molecule has 0 aromatic heterocycles. The van der Waals surface area contributed by atoms with Gasteiger partial charge < -0.3 is 10.2 Å². The molecule has 0 saturated heterocycles. The highest BCUT2D eigenvalue weighted by Crippen LogP contribution is 2.39. The van der Waals surface area contributed by atoms with E-state index in [1.807, 2.05) is 0 Å². The standard InChI is InChI=1S/C14H30N2/c1-5-15-11-14(12-16(4)6-2)9-7-8-13(3)10-14/h13,15H,5-12H2,1-4H3. The van der Waals surface area contributed by atoms with Crippen LogP contribution in [0.15, 0.2) is 0 Å². The van der Waals surface area contributed by atoms with Crippen molar-refractivity contribution in [3.63, 3.8) is 0 Å². The van der Waals surface area contributed by atoms with Crippen LogP contribution in [0.25, 0.3) is 0 Å². The van der Waals surface area contributed by atoms with Gasteiger partial charge in [-0.1, -0.05) is 33.6 Å². The van der Waals surface area contributed by atoms with Gasteiger partial charge in [-0.15, -0.1) is 0 Å². The first-order valence-electron chi connectivity index (χ1n) is 7.01. The largest absolute Gasteiger partial charge is 0.316 e. The van der Waals surface area contributed by atoms with Gasteiger partial charge in [0.05, 0.1) is 0 Å². The monoisotopic (exact) mass is 226 g/mol. The number of nitrogens with zero attached hydrogens (tertiary/aromatic N) is 1. The molecule has 0 heterocycles. The summed E-state index contributed by atoms with van der Waals surface area (Å²) in [6.07, 6.45) is 5.67. The number of hydrogen-bond donors (Lipinski definition) is 1. The maximum atomic E-state index is 3.58. The van der Waals surface area contributed by atoms with E-state index in [9.17, 15) is 0 Å². The lowest BCUT2D eigenvalue weighted by Gasteiger charge is -2.42. The van der Waals surface area contributed by atoms with E-state index in [-0.39, 0.29) is 0 Å². The van der Waals surface area contributed by atoms with Gasteiger partial charge in [-0.25, -0.2) is 0 Å². The average Bonchev–Trinajstić information content (AvgIpc) is 2.26. The summed E-state index contributed by atoms with van der Waals surface area (Å²) < 4.78 is 0. The fourth-order valence-electron chi connectivity index (χ4n) is 3.20. The number of nitrogens with one attached hydrogen (secondary N) is 1. The van der Waals surface area contributed by atoms with Gasteiger partial charge in [-0.05, 0) is 44.3 Å². The van der Waals surface area contributed by atoms with Crippen molar-refractivity contribution >= 4 is 0 Å². The molecule has 0 bridgehead atoms. The molecule has 0 spiro atoms. The molecular formula is C14H30N2. The first-order chi connectivity index (χ1) is 7.62. The van der Waals surface area contributed by atoms with Crippen molar-refractivity contribution in [2.75, 3.05) is 33.2 Å². The van der Waals surface area contributed by atoms with Gasteiger partial charge in [0.15, 0.2) is 0 Å². The minimum Gasteiger partial charge on any atom is -0.316 e. The van der Waals surface area contributed by atoms with Crippen molar-refractivity contribution in [1.82, 2.24) is 10.2 Å². The van der Waals surface area contributed by atoms with Crippen molar-refractivity contribution in [3.05, 3.63) is 0 Å². The molecule has 0 radical (unpaired) electrons. The molecule has 2 nitrogen and oxygen atoms in total. The third kappa shape index (κ3) is 4.06. The molecule has 1 saturated carbocycles. The molecular weight excluding hydrogens is 196 g/mol. The number of rotatable bonds is 6. The van der Waals surface area contributed by atoms with Crippen LogP contribution < -0.4 is 5.32 Å². The second-order valence-corrected chi connectivity index (χ2v) is 5.81. The number of hydrogen-bond acceptors (Lipinski definition) is 2. The molecule has 96 valence electrons. The summed E-state index contributed by atoms with van der Waals surface area (Å²) in [4.78, 5) is 2.48. The molecule has 2 unspecified atom stereocenters. The van der Waals surface area contributed by atoms with Gasteiger partial charge >= 0.3 is 0 Å². The van der Waals surface area contributed by atoms with Crippen LogP contribution in [-0.4, -0.2) is 38.1 Å². The zero-order valence-electron chi connectivity index (χ0n) is 11.7. The molecule has 2 atom stereocenters. The Hall–Kier alpha value is -0.0800. The van der Waals surface area contributed by atoms with Crippen molar-refractivity contribution in [1.29, 1.82) is 0 Å². The van der Waals surface area contributed by atoms with Crippen LogP contribution in [0.2, 0.25) is 0 Å². The van der Waals surface area contributed by atoms with E-state index in [2.05, 4.69) is 38.0 Å². The van der Waals surface area contributed by atoms with Crippen molar-refractivity contribution < 1.29 is 0 Å². The maximum absolute atomic E-state index is 3.58. The van der Waals surface area contributed by atoms with Crippen molar-refractivity contribution in [2.45, 2.75) is 46.5 Å². The third-order valence-electron chi connectivity index (χ3n) is 4.08. The Labute approximate surface area is 102 Å².